The predicted octanol–water partition coefficient (Wildman–Crippen LogP) is 4.51. The molecule has 0 aromatic heterocycles. The van der Waals surface area contributed by atoms with Crippen LogP contribution in [0.25, 0.3) is 0 Å². The van der Waals surface area contributed by atoms with Crippen molar-refractivity contribution >= 4 is 5.69 Å². The number of benzene rings is 2. The van der Waals surface area contributed by atoms with Crippen molar-refractivity contribution in [2.75, 3.05) is 12.3 Å². The highest BCUT2D eigenvalue weighted by atomic mass is 16.5. The van der Waals surface area contributed by atoms with Crippen LogP contribution < -0.4 is 10.5 Å². The van der Waals surface area contributed by atoms with E-state index in [9.17, 15) is 0 Å². The van der Waals surface area contributed by atoms with E-state index in [1.54, 1.807) is 0 Å². The topological polar surface area (TPSA) is 38.5 Å². The number of ether oxygens (including phenoxy) is 1. The van der Waals surface area contributed by atoms with E-state index in [1.165, 1.54) is 11.1 Å². The van der Waals surface area contributed by atoms with E-state index in [0.717, 1.165) is 24.4 Å². The van der Waals surface area contributed by atoms with Crippen molar-refractivity contribution in [1.29, 1.82) is 0 Å². The smallest absolute Gasteiger partial charge is 0.142 e. The molecule has 0 fully saturated rings. The first-order valence-corrected chi connectivity index (χ1v) is 8.82. The number of rotatable bonds is 8. The van der Waals surface area contributed by atoms with Crippen molar-refractivity contribution in [1.82, 2.24) is 4.90 Å². The maximum atomic E-state index is 6.10. The van der Waals surface area contributed by atoms with Gasteiger partial charge in [0, 0.05) is 18.6 Å². The number of hydrogen-bond donors (Lipinski definition) is 1. The van der Waals surface area contributed by atoms with Crippen molar-refractivity contribution in [3.8, 4) is 5.75 Å². The first-order valence-electron chi connectivity index (χ1n) is 8.82. The van der Waals surface area contributed by atoms with Gasteiger partial charge >= 0.3 is 0 Å². The van der Waals surface area contributed by atoms with Crippen LogP contribution >= 0.6 is 0 Å². The highest BCUT2D eigenvalue weighted by molar-refractivity contribution is 5.54. The molecule has 0 heterocycles. The van der Waals surface area contributed by atoms with Crippen LogP contribution in [0.1, 0.15) is 38.8 Å². The van der Waals surface area contributed by atoms with E-state index in [2.05, 4.69) is 62.1 Å². The van der Waals surface area contributed by atoms with Crippen LogP contribution in [-0.4, -0.2) is 23.6 Å². The van der Waals surface area contributed by atoms with Crippen LogP contribution in [0.2, 0.25) is 0 Å². The fourth-order valence-corrected chi connectivity index (χ4v) is 3.11. The third-order valence-electron chi connectivity index (χ3n) is 4.34. The number of hydrogen-bond acceptors (Lipinski definition) is 3. The van der Waals surface area contributed by atoms with Gasteiger partial charge in [-0.3, -0.25) is 4.90 Å². The van der Waals surface area contributed by atoms with Gasteiger partial charge in [0.1, 0.15) is 5.75 Å². The van der Waals surface area contributed by atoms with Gasteiger partial charge in [-0.25, -0.2) is 0 Å². The third-order valence-corrected chi connectivity index (χ3v) is 4.34. The SMILES string of the molecule is CCOc1ccc(CC(C)N(Cc2ccccc2)C(C)C)cc1N. The van der Waals surface area contributed by atoms with E-state index in [0.29, 0.717) is 18.7 Å². The first kappa shape index (κ1) is 18.3. The minimum atomic E-state index is 0.433. The average molecular weight is 326 g/mol. The highest BCUT2D eigenvalue weighted by Gasteiger charge is 2.18. The average Bonchev–Trinajstić information content (AvgIpc) is 2.56. The second-order valence-corrected chi connectivity index (χ2v) is 6.61. The summed E-state index contributed by atoms with van der Waals surface area (Å²) in [6, 6.07) is 17.7. The number of nitrogens with zero attached hydrogens (tertiary/aromatic N) is 1. The molecule has 0 aliphatic heterocycles. The summed E-state index contributed by atoms with van der Waals surface area (Å²) in [4.78, 5) is 2.53. The van der Waals surface area contributed by atoms with Gasteiger partial charge in [0.15, 0.2) is 0 Å². The molecule has 0 aliphatic carbocycles. The van der Waals surface area contributed by atoms with E-state index >= 15 is 0 Å². The van der Waals surface area contributed by atoms with Gasteiger partial charge in [0.05, 0.1) is 12.3 Å². The van der Waals surface area contributed by atoms with Crippen LogP contribution in [0, 0.1) is 0 Å². The maximum Gasteiger partial charge on any atom is 0.142 e. The van der Waals surface area contributed by atoms with Gasteiger partial charge < -0.3 is 10.5 Å². The van der Waals surface area contributed by atoms with Crippen LogP contribution in [0.5, 0.6) is 5.75 Å². The molecule has 0 spiro atoms. The Labute approximate surface area is 146 Å². The molecule has 2 aromatic rings. The molecule has 3 nitrogen and oxygen atoms in total. The van der Waals surface area contributed by atoms with Crippen molar-refractivity contribution < 1.29 is 4.74 Å². The summed E-state index contributed by atoms with van der Waals surface area (Å²) >= 11 is 0. The monoisotopic (exact) mass is 326 g/mol. The standard InChI is InChI=1S/C21H30N2O/c1-5-24-21-12-11-19(14-20(21)22)13-17(4)23(16(2)3)15-18-9-7-6-8-10-18/h6-12,14,16-17H,5,13,15,22H2,1-4H3. The Bertz CT molecular complexity index is 625. The van der Waals surface area contributed by atoms with Gasteiger partial charge in [0.2, 0.25) is 0 Å². The maximum absolute atomic E-state index is 6.10. The third kappa shape index (κ3) is 5.00. The zero-order valence-electron chi connectivity index (χ0n) is 15.3. The summed E-state index contributed by atoms with van der Waals surface area (Å²) in [5.74, 6) is 0.777. The number of nitrogens with two attached hydrogens (primary N) is 1. The number of anilines is 1. The van der Waals surface area contributed by atoms with Crippen molar-refractivity contribution in [2.45, 2.75) is 52.7 Å². The van der Waals surface area contributed by atoms with Crippen molar-refractivity contribution in [2.24, 2.45) is 0 Å². The lowest BCUT2D eigenvalue weighted by atomic mass is 10.0. The highest BCUT2D eigenvalue weighted by Crippen LogP contribution is 2.24. The Morgan fingerprint density at radius 1 is 1.00 bits per heavy atom. The van der Waals surface area contributed by atoms with E-state index in [4.69, 9.17) is 10.5 Å². The second kappa shape index (κ2) is 8.74. The van der Waals surface area contributed by atoms with Gasteiger partial charge in [0.25, 0.3) is 0 Å². The van der Waals surface area contributed by atoms with Gasteiger partial charge in [-0.15, -0.1) is 0 Å². The molecule has 130 valence electrons. The van der Waals surface area contributed by atoms with Crippen LogP contribution in [0.15, 0.2) is 48.5 Å². The van der Waals surface area contributed by atoms with E-state index in [-0.39, 0.29) is 0 Å². The lowest BCUT2D eigenvalue weighted by Gasteiger charge is -2.33. The molecule has 0 aliphatic rings. The molecule has 0 saturated carbocycles. The molecular formula is C21H30N2O. The Morgan fingerprint density at radius 2 is 1.71 bits per heavy atom. The molecule has 2 aromatic carbocycles. The second-order valence-electron chi connectivity index (χ2n) is 6.61. The molecule has 0 saturated heterocycles. The largest absolute Gasteiger partial charge is 0.492 e. The number of nitrogen functional groups attached to an aromatic ring is 1. The lowest BCUT2D eigenvalue weighted by molar-refractivity contribution is 0.154. The summed E-state index contributed by atoms with van der Waals surface area (Å²) in [7, 11) is 0. The summed E-state index contributed by atoms with van der Waals surface area (Å²) in [5, 5.41) is 0. The summed E-state index contributed by atoms with van der Waals surface area (Å²) in [5.41, 5.74) is 9.43. The minimum absolute atomic E-state index is 0.433. The molecule has 0 radical (unpaired) electrons. The molecule has 2 rings (SSSR count). The fraction of sp³-hybridized carbons (Fsp3) is 0.429. The molecule has 1 atom stereocenters. The Morgan fingerprint density at radius 3 is 2.29 bits per heavy atom. The molecular weight excluding hydrogens is 296 g/mol. The van der Waals surface area contributed by atoms with Gasteiger partial charge in [-0.2, -0.15) is 0 Å². The Hall–Kier alpha value is -2.00. The fourth-order valence-electron chi connectivity index (χ4n) is 3.11. The summed E-state index contributed by atoms with van der Waals surface area (Å²) in [6.07, 6.45) is 0.974. The summed E-state index contributed by atoms with van der Waals surface area (Å²) < 4.78 is 5.53. The predicted molar refractivity (Wildman–Crippen MR) is 102 cm³/mol. The van der Waals surface area contributed by atoms with Crippen molar-refractivity contribution in [3.05, 3.63) is 59.7 Å². The summed E-state index contributed by atoms with van der Waals surface area (Å²) in [6.45, 7) is 10.4. The minimum Gasteiger partial charge on any atom is -0.492 e. The molecule has 1 unspecified atom stereocenters. The van der Waals surface area contributed by atoms with Crippen LogP contribution in [0.4, 0.5) is 5.69 Å². The van der Waals surface area contributed by atoms with Crippen LogP contribution in [0.3, 0.4) is 0 Å². The molecule has 0 amide bonds. The normalized spacial score (nSPS) is 12.6. The van der Waals surface area contributed by atoms with Gasteiger partial charge in [-0.05, 0) is 57.4 Å². The Balaban J connectivity index is 2.07. The zero-order chi connectivity index (χ0) is 17.5. The lowest BCUT2D eigenvalue weighted by Crippen LogP contribution is -2.39. The van der Waals surface area contributed by atoms with Crippen molar-refractivity contribution in [3.63, 3.8) is 0 Å². The van der Waals surface area contributed by atoms with E-state index in [1.807, 2.05) is 19.1 Å². The van der Waals surface area contributed by atoms with E-state index < -0.39 is 0 Å². The van der Waals surface area contributed by atoms with Gasteiger partial charge in [-0.1, -0.05) is 36.4 Å². The van der Waals surface area contributed by atoms with Crippen LogP contribution in [-0.2, 0) is 13.0 Å². The molecule has 3 heteroatoms. The Kier molecular flexibility index (Phi) is 6.68. The molecule has 0 bridgehead atoms. The zero-order valence-corrected chi connectivity index (χ0v) is 15.3. The quantitative estimate of drug-likeness (QED) is 0.725. The molecule has 24 heavy (non-hydrogen) atoms. The molecule has 2 N–H and O–H groups in total. The first-order chi connectivity index (χ1) is 11.5.